The number of carbonyl (C=O) groups is 1. The Kier molecular flexibility index (Phi) is 4.07. The van der Waals surface area contributed by atoms with Crippen LogP contribution < -0.4 is 0 Å². The molecule has 0 spiro atoms. The Labute approximate surface area is 116 Å². The molecule has 0 atom stereocenters. The monoisotopic (exact) mass is 311 g/mol. The summed E-state index contributed by atoms with van der Waals surface area (Å²) in [4.78, 5) is 14.0. The molecule has 0 unspecified atom stereocenters. The van der Waals surface area contributed by atoms with Gasteiger partial charge in [0, 0.05) is 18.1 Å². The van der Waals surface area contributed by atoms with E-state index in [2.05, 4.69) is 15.9 Å². The summed E-state index contributed by atoms with van der Waals surface area (Å²) >= 11 is 3.44. The van der Waals surface area contributed by atoms with E-state index in [0.29, 0.717) is 11.5 Å². The fraction of sp³-hybridized carbons (Fsp3) is 0.500. The second-order valence-corrected chi connectivity index (χ2v) is 6.01. The number of aliphatic hydroxyl groups is 1. The zero-order chi connectivity index (χ0) is 13.3. The Morgan fingerprint density at radius 2 is 2.17 bits per heavy atom. The third kappa shape index (κ3) is 2.93. The Morgan fingerprint density at radius 1 is 1.50 bits per heavy atom. The number of hydrogen-bond donors (Lipinski definition) is 1. The number of halogens is 1. The number of hydrogen-bond acceptors (Lipinski definition) is 2. The fourth-order valence-corrected chi connectivity index (χ4v) is 2.98. The largest absolute Gasteiger partial charge is 0.393 e. The zero-order valence-corrected chi connectivity index (χ0v) is 12.3. The third-order valence-corrected chi connectivity index (χ3v) is 4.10. The van der Waals surface area contributed by atoms with Crippen molar-refractivity contribution in [1.29, 1.82) is 0 Å². The van der Waals surface area contributed by atoms with Gasteiger partial charge < -0.3 is 10.0 Å². The van der Waals surface area contributed by atoms with E-state index in [9.17, 15) is 9.90 Å². The summed E-state index contributed by atoms with van der Waals surface area (Å²) in [6.45, 7) is 2.72. The minimum atomic E-state index is -0.162. The van der Waals surface area contributed by atoms with Crippen molar-refractivity contribution in [2.24, 2.45) is 5.92 Å². The topological polar surface area (TPSA) is 40.5 Å². The average molecular weight is 312 g/mol. The SMILES string of the molecule is Cc1ccc(C(=O)N(C)CC2CC(O)C2)c(Br)c1. The molecule has 1 N–H and O–H groups in total. The molecule has 0 heterocycles. The first-order chi connectivity index (χ1) is 8.47. The lowest BCUT2D eigenvalue weighted by Gasteiger charge is -2.34. The Balaban J connectivity index is 2.01. The van der Waals surface area contributed by atoms with Gasteiger partial charge in [0.25, 0.3) is 5.91 Å². The molecule has 0 bridgehead atoms. The van der Waals surface area contributed by atoms with Gasteiger partial charge in [-0.25, -0.2) is 0 Å². The van der Waals surface area contributed by atoms with Crippen molar-refractivity contribution in [2.45, 2.75) is 25.9 Å². The minimum Gasteiger partial charge on any atom is -0.393 e. The zero-order valence-electron chi connectivity index (χ0n) is 10.7. The summed E-state index contributed by atoms with van der Waals surface area (Å²) in [5, 5.41) is 9.25. The molecule has 2 rings (SSSR count). The highest BCUT2D eigenvalue weighted by Gasteiger charge is 2.29. The van der Waals surface area contributed by atoms with Gasteiger partial charge in [0.05, 0.1) is 11.7 Å². The highest BCUT2D eigenvalue weighted by atomic mass is 79.9. The molecule has 1 saturated carbocycles. The van der Waals surface area contributed by atoms with Crippen LogP contribution in [0.5, 0.6) is 0 Å². The summed E-state index contributed by atoms with van der Waals surface area (Å²) in [6.07, 6.45) is 1.46. The molecule has 0 aliphatic heterocycles. The maximum absolute atomic E-state index is 12.3. The van der Waals surface area contributed by atoms with E-state index in [1.165, 1.54) is 0 Å². The molecule has 3 nitrogen and oxygen atoms in total. The van der Waals surface area contributed by atoms with Crippen molar-refractivity contribution < 1.29 is 9.90 Å². The molecule has 0 aromatic heterocycles. The molecular formula is C14H18BrNO2. The smallest absolute Gasteiger partial charge is 0.254 e. The van der Waals surface area contributed by atoms with Gasteiger partial charge in [-0.15, -0.1) is 0 Å². The normalized spacial score (nSPS) is 22.4. The summed E-state index contributed by atoms with van der Waals surface area (Å²) < 4.78 is 0.841. The Bertz CT molecular complexity index is 455. The predicted octanol–water partition coefficient (Wildman–Crippen LogP) is 2.60. The van der Waals surface area contributed by atoms with Crippen molar-refractivity contribution in [3.8, 4) is 0 Å². The Hall–Kier alpha value is -0.870. The molecule has 0 radical (unpaired) electrons. The molecule has 0 saturated heterocycles. The van der Waals surface area contributed by atoms with Crippen LogP contribution in [0.4, 0.5) is 0 Å². The van der Waals surface area contributed by atoms with Crippen LogP contribution in [0.15, 0.2) is 22.7 Å². The fourth-order valence-electron chi connectivity index (χ4n) is 2.32. The molecule has 4 heteroatoms. The minimum absolute atomic E-state index is 0.0308. The van der Waals surface area contributed by atoms with Gasteiger partial charge in [0.1, 0.15) is 0 Å². The second-order valence-electron chi connectivity index (χ2n) is 5.16. The highest BCUT2D eigenvalue weighted by Crippen LogP contribution is 2.28. The summed E-state index contributed by atoms with van der Waals surface area (Å²) in [5.41, 5.74) is 1.83. The molecular weight excluding hydrogens is 294 g/mol. The van der Waals surface area contributed by atoms with Gasteiger partial charge in [-0.1, -0.05) is 6.07 Å². The lowest BCUT2D eigenvalue weighted by Crippen LogP contribution is -2.39. The van der Waals surface area contributed by atoms with E-state index in [0.717, 1.165) is 29.4 Å². The molecule has 1 aliphatic carbocycles. The van der Waals surface area contributed by atoms with Gasteiger partial charge in [-0.05, 0) is 59.3 Å². The van der Waals surface area contributed by atoms with Crippen LogP contribution >= 0.6 is 15.9 Å². The summed E-state index contributed by atoms with van der Waals surface area (Å²) in [7, 11) is 1.82. The van der Waals surface area contributed by atoms with Crippen molar-refractivity contribution in [1.82, 2.24) is 4.90 Å². The number of nitrogens with zero attached hydrogens (tertiary/aromatic N) is 1. The number of aryl methyl sites for hydroxylation is 1. The van der Waals surface area contributed by atoms with Crippen LogP contribution in [-0.2, 0) is 0 Å². The lowest BCUT2D eigenvalue weighted by molar-refractivity contribution is 0.0265. The van der Waals surface area contributed by atoms with Crippen LogP contribution in [-0.4, -0.2) is 35.6 Å². The van der Waals surface area contributed by atoms with E-state index in [1.54, 1.807) is 4.90 Å². The molecule has 1 fully saturated rings. The average Bonchev–Trinajstić information content (AvgIpc) is 2.26. The van der Waals surface area contributed by atoms with Crippen LogP contribution in [0.1, 0.15) is 28.8 Å². The maximum Gasteiger partial charge on any atom is 0.254 e. The lowest BCUT2D eigenvalue weighted by atomic mass is 9.82. The molecule has 1 aromatic carbocycles. The van der Waals surface area contributed by atoms with Crippen LogP contribution in [0.3, 0.4) is 0 Å². The van der Waals surface area contributed by atoms with Gasteiger partial charge in [-0.2, -0.15) is 0 Å². The first-order valence-corrected chi connectivity index (χ1v) is 6.96. The second kappa shape index (κ2) is 5.41. The molecule has 18 heavy (non-hydrogen) atoms. The van der Waals surface area contributed by atoms with Crippen molar-refractivity contribution in [3.05, 3.63) is 33.8 Å². The van der Waals surface area contributed by atoms with E-state index in [1.807, 2.05) is 32.2 Å². The first kappa shape index (κ1) is 13.6. The van der Waals surface area contributed by atoms with E-state index < -0.39 is 0 Å². The van der Waals surface area contributed by atoms with Crippen molar-refractivity contribution in [3.63, 3.8) is 0 Å². The van der Waals surface area contributed by atoms with Crippen molar-refractivity contribution >= 4 is 21.8 Å². The number of carbonyl (C=O) groups excluding carboxylic acids is 1. The first-order valence-electron chi connectivity index (χ1n) is 6.17. The number of aliphatic hydroxyl groups excluding tert-OH is 1. The molecule has 1 aliphatic rings. The quantitative estimate of drug-likeness (QED) is 0.932. The summed E-state index contributed by atoms with van der Waals surface area (Å²) in [6, 6.07) is 5.75. The van der Waals surface area contributed by atoms with Crippen LogP contribution in [0.2, 0.25) is 0 Å². The standard InChI is InChI=1S/C14H18BrNO2/c1-9-3-4-12(13(15)5-9)14(18)16(2)8-10-6-11(17)7-10/h3-5,10-11,17H,6-8H2,1-2H3. The maximum atomic E-state index is 12.3. The van der Waals surface area contributed by atoms with Gasteiger partial charge in [0.15, 0.2) is 0 Å². The summed E-state index contributed by atoms with van der Waals surface area (Å²) in [5.74, 6) is 0.474. The van der Waals surface area contributed by atoms with Crippen LogP contribution in [0, 0.1) is 12.8 Å². The van der Waals surface area contributed by atoms with E-state index in [4.69, 9.17) is 0 Å². The van der Waals surface area contributed by atoms with Gasteiger partial charge >= 0.3 is 0 Å². The van der Waals surface area contributed by atoms with E-state index in [-0.39, 0.29) is 12.0 Å². The third-order valence-electron chi connectivity index (χ3n) is 3.44. The molecule has 98 valence electrons. The Morgan fingerprint density at radius 3 is 2.72 bits per heavy atom. The van der Waals surface area contributed by atoms with E-state index >= 15 is 0 Å². The number of amides is 1. The molecule has 1 aromatic rings. The predicted molar refractivity (Wildman–Crippen MR) is 74.6 cm³/mol. The number of rotatable bonds is 3. The van der Waals surface area contributed by atoms with Crippen molar-refractivity contribution in [2.75, 3.05) is 13.6 Å². The van der Waals surface area contributed by atoms with Gasteiger partial charge in [0.2, 0.25) is 0 Å². The van der Waals surface area contributed by atoms with Gasteiger partial charge in [-0.3, -0.25) is 4.79 Å². The highest BCUT2D eigenvalue weighted by molar-refractivity contribution is 9.10. The molecule has 1 amide bonds. The van der Waals surface area contributed by atoms with Crippen LogP contribution in [0.25, 0.3) is 0 Å². The number of benzene rings is 1.